The van der Waals surface area contributed by atoms with Crippen molar-refractivity contribution in [1.82, 2.24) is 0 Å². The van der Waals surface area contributed by atoms with Crippen molar-refractivity contribution in [3.05, 3.63) is 34.9 Å². The van der Waals surface area contributed by atoms with Crippen molar-refractivity contribution < 1.29 is 34.7 Å². The van der Waals surface area contributed by atoms with Gasteiger partial charge in [0.25, 0.3) is 0 Å². The molecule has 0 atom stereocenters. The Bertz CT molecular complexity index is 183. The van der Waals surface area contributed by atoms with Crippen LogP contribution in [0.3, 0.4) is 0 Å². The van der Waals surface area contributed by atoms with E-state index in [1.54, 1.807) is 6.92 Å². The number of hydrogen-bond acceptors (Lipinski definition) is 1. The number of hydrogen-bond donors (Lipinski definition) is 0. The van der Waals surface area contributed by atoms with Crippen LogP contribution in [0.4, 0.5) is 0 Å². The van der Waals surface area contributed by atoms with E-state index in [2.05, 4.69) is 39.0 Å². The van der Waals surface area contributed by atoms with Crippen molar-refractivity contribution in [3.8, 4) is 0 Å². The van der Waals surface area contributed by atoms with E-state index in [1.807, 2.05) is 0 Å². The van der Waals surface area contributed by atoms with Crippen molar-refractivity contribution in [2.45, 2.75) is 27.7 Å². The largest absolute Gasteiger partial charge is 1.00 e. The quantitative estimate of drug-likeness (QED) is 0.478. The summed E-state index contributed by atoms with van der Waals surface area (Å²) >= 11 is 0. The molecule has 1 aromatic rings. The van der Waals surface area contributed by atoms with Crippen LogP contribution in [0.15, 0.2) is 18.2 Å². The second-order valence-corrected chi connectivity index (χ2v) is 2.95. The van der Waals surface area contributed by atoms with Gasteiger partial charge in [-0.25, -0.2) is 0 Å². The predicted molar refractivity (Wildman–Crippen MR) is 51.2 cm³/mol. The van der Waals surface area contributed by atoms with Gasteiger partial charge < -0.3 is 5.11 Å². The molecule has 0 amide bonds. The summed E-state index contributed by atoms with van der Waals surface area (Å²) in [7, 11) is 0. The van der Waals surface area contributed by atoms with Crippen molar-refractivity contribution in [1.29, 1.82) is 0 Å². The summed E-state index contributed by atoms with van der Waals surface area (Å²) in [6, 6.07) is 6.56. The molecule has 2 heteroatoms. The molecule has 0 spiro atoms. The first-order valence-corrected chi connectivity index (χ1v) is 4.23. The zero-order chi connectivity index (χ0) is 9.56. The maximum absolute atomic E-state index is 8.93. The Morgan fingerprint density at radius 3 is 1.23 bits per heavy atom. The molecule has 13 heavy (non-hydrogen) atoms. The Hall–Kier alpha value is 0.180. The SMILES string of the molecule is CC[O-].Cc1cc(C)cc(C)c1.[Na+]. The third-order valence-electron chi connectivity index (χ3n) is 1.37. The van der Waals surface area contributed by atoms with Crippen LogP contribution in [0.5, 0.6) is 0 Å². The molecule has 0 fully saturated rings. The maximum atomic E-state index is 8.93. The van der Waals surface area contributed by atoms with E-state index in [0.717, 1.165) is 0 Å². The minimum atomic E-state index is 0. The summed E-state index contributed by atoms with van der Waals surface area (Å²) in [4.78, 5) is 0. The van der Waals surface area contributed by atoms with Crippen LogP contribution in [0, 0.1) is 20.8 Å². The molecule has 0 bridgehead atoms. The zero-order valence-corrected chi connectivity index (χ0v) is 11.3. The van der Waals surface area contributed by atoms with Crippen molar-refractivity contribution in [2.75, 3.05) is 6.61 Å². The molecule has 0 aliphatic carbocycles. The Kier molecular flexibility index (Phi) is 10.5. The Morgan fingerprint density at radius 2 is 1.08 bits per heavy atom. The summed E-state index contributed by atoms with van der Waals surface area (Å²) in [5, 5.41) is 8.93. The van der Waals surface area contributed by atoms with Gasteiger partial charge in [0.1, 0.15) is 0 Å². The Morgan fingerprint density at radius 1 is 0.923 bits per heavy atom. The molecule has 1 rings (SSSR count). The van der Waals surface area contributed by atoms with Crippen molar-refractivity contribution >= 4 is 0 Å². The number of rotatable bonds is 0. The molecule has 0 unspecified atom stereocenters. The van der Waals surface area contributed by atoms with Gasteiger partial charge in [0, 0.05) is 0 Å². The van der Waals surface area contributed by atoms with E-state index in [1.165, 1.54) is 16.7 Å². The van der Waals surface area contributed by atoms with Crippen LogP contribution in [-0.4, -0.2) is 6.61 Å². The monoisotopic (exact) mass is 188 g/mol. The average Bonchev–Trinajstić information content (AvgIpc) is 1.84. The first-order valence-electron chi connectivity index (χ1n) is 4.23. The summed E-state index contributed by atoms with van der Waals surface area (Å²) in [5.41, 5.74) is 4.06. The van der Waals surface area contributed by atoms with Gasteiger partial charge in [0.15, 0.2) is 0 Å². The summed E-state index contributed by atoms with van der Waals surface area (Å²) < 4.78 is 0. The fourth-order valence-corrected chi connectivity index (χ4v) is 1.20. The second kappa shape index (κ2) is 8.76. The molecular formula is C11H17NaO. The molecule has 0 radical (unpaired) electrons. The van der Waals surface area contributed by atoms with Crippen molar-refractivity contribution in [2.24, 2.45) is 0 Å². The molecule has 0 saturated carbocycles. The third-order valence-corrected chi connectivity index (χ3v) is 1.37. The van der Waals surface area contributed by atoms with E-state index in [4.69, 9.17) is 5.11 Å². The van der Waals surface area contributed by atoms with Crippen LogP contribution in [0.2, 0.25) is 0 Å². The molecule has 0 heterocycles. The minimum Gasteiger partial charge on any atom is -0.855 e. The first kappa shape index (κ1) is 15.6. The number of aryl methyl sites for hydroxylation is 3. The predicted octanol–water partition coefficient (Wildman–Crippen LogP) is -1.02. The molecule has 0 aliphatic rings. The van der Waals surface area contributed by atoms with Crippen LogP contribution >= 0.6 is 0 Å². The molecule has 68 valence electrons. The second-order valence-electron chi connectivity index (χ2n) is 2.95. The first-order chi connectivity index (χ1) is 5.60. The minimum absolute atomic E-state index is 0. The van der Waals surface area contributed by atoms with E-state index < -0.39 is 0 Å². The maximum Gasteiger partial charge on any atom is 1.00 e. The van der Waals surface area contributed by atoms with E-state index in [-0.39, 0.29) is 36.2 Å². The van der Waals surface area contributed by atoms with Gasteiger partial charge in [-0.3, -0.25) is 0 Å². The molecular weight excluding hydrogens is 171 g/mol. The molecule has 0 aromatic heterocycles. The van der Waals surface area contributed by atoms with Crippen LogP contribution in [0.25, 0.3) is 0 Å². The van der Waals surface area contributed by atoms with E-state index >= 15 is 0 Å². The van der Waals surface area contributed by atoms with Crippen molar-refractivity contribution in [3.63, 3.8) is 0 Å². The summed E-state index contributed by atoms with van der Waals surface area (Å²) in [6.07, 6.45) is 0. The van der Waals surface area contributed by atoms with Gasteiger partial charge >= 0.3 is 29.6 Å². The topological polar surface area (TPSA) is 23.1 Å². The molecule has 1 aromatic carbocycles. The van der Waals surface area contributed by atoms with Gasteiger partial charge in [0.05, 0.1) is 0 Å². The molecule has 0 N–H and O–H groups in total. The fourth-order valence-electron chi connectivity index (χ4n) is 1.20. The van der Waals surface area contributed by atoms with Gasteiger partial charge in [0.2, 0.25) is 0 Å². The van der Waals surface area contributed by atoms with E-state index in [0.29, 0.717) is 0 Å². The van der Waals surface area contributed by atoms with Crippen LogP contribution < -0.4 is 34.7 Å². The molecule has 0 aliphatic heterocycles. The zero-order valence-electron chi connectivity index (χ0n) is 9.35. The third kappa shape index (κ3) is 8.51. The normalized spacial score (nSPS) is 8.08. The van der Waals surface area contributed by atoms with Crippen LogP contribution in [0.1, 0.15) is 23.6 Å². The van der Waals surface area contributed by atoms with Gasteiger partial charge in [-0.05, 0) is 20.8 Å². The average molecular weight is 188 g/mol. The van der Waals surface area contributed by atoms with E-state index in [9.17, 15) is 0 Å². The fraction of sp³-hybridized carbons (Fsp3) is 0.455. The summed E-state index contributed by atoms with van der Waals surface area (Å²) in [6.45, 7) is 7.94. The molecule has 1 nitrogen and oxygen atoms in total. The van der Waals surface area contributed by atoms with Gasteiger partial charge in [-0.2, -0.15) is 0 Å². The Balaban J connectivity index is 0. The summed E-state index contributed by atoms with van der Waals surface area (Å²) in [5.74, 6) is 0. The molecule has 0 saturated heterocycles. The van der Waals surface area contributed by atoms with Gasteiger partial charge in [-0.15, -0.1) is 6.61 Å². The standard InChI is InChI=1S/C9H12.C2H5O.Na/c1-7-4-8(2)6-9(3)5-7;1-2-3;/h4-6H,1-3H3;2H2,1H3;/q;-1;+1. The smallest absolute Gasteiger partial charge is 0.855 e. The Labute approximate surface area is 103 Å². The number of benzene rings is 1. The van der Waals surface area contributed by atoms with Gasteiger partial charge in [-0.1, -0.05) is 41.8 Å². The van der Waals surface area contributed by atoms with Crippen LogP contribution in [-0.2, 0) is 0 Å².